The second kappa shape index (κ2) is 6.56. The van der Waals surface area contributed by atoms with Gasteiger partial charge in [-0.2, -0.15) is 14.9 Å². The van der Waals surface area contributed by atoms with Crippen molar-refractivity contribution in [2.24, 2.45) is 5.10 Å². The number of hydrogen-bond acceptors (Lipinski definition) is 3. The molecule has 1 N–H and O–H groups in total. The molecule has 2 aromatic carbocycles. The van der Waals surface area contributed by atoms with Gasteiger partial charge in [0.25, 0.3) is 0 Å². The highest BCUT2D eigenvalue weighted by Crippen LogP contribution is 2.21. The molecule has 1 heterocycles. The molecule has 0 atom stereocenters. The van der Waals surface area contributed by atoms with Gasteiger partial charge < -0.3 is 0 Å². The van der Waals surface area contributed by atoms with E-state index in [1.54, 1.807) is 17.0 Å². The summed E-state index contributed by atoms with van der Waals surface area (Å²) in [5.41, 5.74) is 1.79. The Labute approximate surface area is 145 Å². The van der Waals surface area contributed by atoms with Crippen LogP contribution < -0.4 is 0 Å². The highest BCUT2D eigenvalue weighted by atomic mass is 79.9. The predicted octanol–water partition coefficient (Wildman–Crippen LogP) is 4.91. The molecule has 0 aliphatic heterocycles. The molecule has 0 bridgehead atoms. The van der Waals surface area contributed by atoms with E-state index in [-0.39, 0.29) is 0 Å². The van der Waals surface area contributed by atoms with Crippen molar-refractivity contribution >= 4 is 46.0 Å². The zero-order chi connectivity index (χ0) is 15.5. The second-order valence-corrected chi connectivity index (χ2v) is 6.21. The van der Waals surface area contributed by atoms with Crippen molar-refractivity contribution in [1.29, 1.82) is 0 Å². The first kappa shape index (κ1) is 15.1. The third-order valence-corrected chi connectivity index (χ3v) is 3.90. The van der Waals surface area contributed by atoms with Crippen molar-refractivity contribution in [1.82, 2.24) is 14.9 Å². The molecule has 0 saturated carbocycles. The summed E-state index contributed by atoms with van der Waals surface area (Å²) in [6.45, 7) is 0. The van der Waals surface area contributed by atoms with E-state index in [0.717, 1.165) is 15.6 Å². The number of aromatic nitrogens is 3. The van der Waals surface area contributed by atoms with Crippen LogP contribution in [-0.4, -0.2) is 21.1 Å². The molecular formula is C15H10BrClN4S. The molecule has 110 valence electrons. The Morgan fingerprint density at radius 2 is 2.05 bits per heavy atom. The summed E-state index contributed by atoms with van der Waals surface area (Å²) in [5.74, 6) is 0.610. The van der Waals surface area contributed by atoms with Crippen molar-refractivity contribution in [3.05, 3.63) is 68.4 Å². The number of rotatable bonds is 3. The van der Waals surface area contributed by atoms with Crippen LogP contribution >= 0.6 is 39.7 Å². The first-order valence-corrected chi connectivity index (χ1v) is 7.95. The van der Waals surface area contributed by atoms with Gasteiger partial charge in [0.15, 0.2) is 5.82 Å². The maximum Gasteiger partial charge on any atom is 0.216 e. The van der Waals surface area contributed by atoms with Crippen LogP contribution in [0.15, 0.2) is 58.1 Å². The number of nitrogens with one attached hydrogen (secondary N) is 1. The van der Waals surface area contributed by atoms with Crippen molar-refractivity contribution < 1.29 is 0 Å². The molecule has 1 aromatic heterocycles. The van der Waals surface area contributed by atoms with Gasteiger partial charge in [-0.05, 0) is 42.0 Å². The molecule has 22 heavy (non-hydrogen) atoms. The van der Waals surface area contributed by atoms with Gasteiger partial charge in [-0.25, -0.2) is 5.10 Å². The summed E-state index contributed by atoms with van der Waals surface area (Å²) in [7, 11) is 0. The topological polar surface area (TPSA) is 46.0 Å². The van der Waals surface area contributed by atoms with Crippen LogP contribution in [0.4, 0.5) is 0 Å². The average molecular weight is 394 g/mol. The summed E-state index contributed by atoms with van der Waals surface area (Å²) in [6, 6.07) is 15.2. The van der Waals surface area contributed by atoms with Gasteiger partial charge in [0, 0.05) is 15.1 Å². The van der Waals surface area contributed by atoms with Gasteiger partial charge in [0.05, 0.1) is 6.21 Å². The van der Waals surface area contributed by atoms with E-state index in [1.807, 2.05) is 42.5 Å². The Morgan fingerprint density at radius 3 is 2.82 bits per heavy atom. The number of benzene rings is 2. The van der Waals surface area contributed by atoms with Crippen molar-refractivity contribution in [3.63, 3.8) is 0 Å². The lowest BCUT2D eigenvalue weighted by Crippen LogP contribution is -1.95. The molecule has 4 nitrogen and oxygen atoms in total. The van der Waals surface area contributed by atoms with Crippen LogP contribution in [0.5, 0.6) is 0 Å². The highest BCUT2D eigenvalue weighted by molar-refractivity contribution is 9.10. The van der Waals surface area contributed by atoms with Crippen molar-refractivity contribution in [3.8, 4) is 11.4 Å². The molecule has 0 radical (unpaired) electrons. The normalized spacial score (nSPS) is 11.2. The quantitative estimate of drug-likeness (QED) is 0.508. The van der Waals surface area contributed by atoms with Gasteiger partial charge in [-0.15, -0.1) is 0 Å². The highest BCUT2D eigenvalue weighted by Gasteiger charge is 2.08. The van der Waals surface area contributed by atoms with Gasteiger partial charge in [-0.3, -0.25) is 0 Å². The first-order chi connectivity index (χ1) is 10.6. The maximum absolute atomic E-state index is 6.03. The first-order valence-electron chi connectivity index (χ1n) is 6.37. The Morgan fingerprint density at radius 1 is 1.23 bits per heavy atom. The van der Waals surface area contributed by atoms with Crippen molar-refractivity contribution in [2.45, 2.75) is 0 Å². The van der Waals surface area contributed by atoms with Crippen LogP contribution in [0.25, 0.3) is 11.4 Å². The van der Waals surface area contributed by atoms with E-state index in [1.165, 1.54) is 0 Å². The fourth-order valence-corrected chi connectivity index (χ4v) is 2.71. The molecule has 0 spiro atoms. The number of hydrogen-bond donors (Lipinski definition) is 1. The monoisotopic (exact) mass is 392 g/mol. The van der Waals surface area contributed by atoms with Crippen LogP contribution in [0.1, 0.15) is 5.56 Å². The lowest BCUT2D eigenvalue weighted by Gasteiger charge is -2.01. The smallest absolute Gasteiger partial charge is 0.216 e. The number of aromatic amines is 1. The van der Waals surface area contributed by atoms with Crippen molar-refractivity contribution in [2.75, 3.05) is 0 Å². The average Bonchev–Trinajstić information content (AvgIpc) is 2.86. The third-order valence-electron chi connectivity index (χ3n) is 2.90. The van der Waals surface area contributed by atoms with E-state index in [9.17, 15) is 0 Å². The molecule has 0 amide bonds. The van der Waals surface area contributed by atoms with E-state index in [4.69, 9.17) is 23.8 Å². The zero-order valence-electron chi connectivity index (χ0n) is 11.2. The molecule has 0 unspecified atom stereocenters. The van der Waals surface area contributed by atoms with E-state index in [0.29, 0.717) is 15.6 Å². The summed E-state index contributed by atoms with van der Waals surface area (Å²) >= 11 is 14.7. The van der Waals surface area contributed by atoms with Gasteiger partial charge >= 0.3 is 0 Å². The van der Waals surface area contributed by atoms with Gasteiger partial charge in [0.1, 0.15) is 0 Å². The maximum atomic E-state index is 6.03. The Balaban J connectivity index is 2.01. The van der Waals surface area contributed by atoms with Crippen LogP contribution in [0.2, 0.25) is 5.02 Å². The molecule has 3 rings (SSSR count). The fourth-order valence-electron chi connectivity index (χ4n) is 1.92. The standard InChI is InChI=1S/C15H10BrClN4S/c16-12-5-1-3-10(7-12)9-18-21-14(19-20-15(21)22)11-4-2-6-13(17)8-11/h1-9H,(H,20,22)/b18-9+. The van der Waals surface area contributed by atoms with Gasteiger partial charge in [0.2, 0.25) is 4.77 Å². The summed E-state index contributed by atoms with van der Waals surface area (Å²) in [4.78, 5) is 0. The van der Waals surface area contributed by atoms with Gasteiger partial charge in [-0.1, -0.05) is 51.8 Å². The summed E-state index contributed by atoms with van der Waals surface area (Å²) < 4.78 is 2.98. The Kier molecular flexibility index (Phi) is 4.52. The molecule has 0 aliphatic carbocycles. The van der Waals surface area contributed by atoms with E-state index >= 15 is 0 Å². The Hall–Kier alpha value is -1.76. The van der Waals surface area contributed by atoms with Crippen LogP contribution in [0.3, 0.4) is 0 Å². The molecular weight excluding hydrogens is 384 g/mol. The van der Waals surface area contributed by atoms with Crippen LogP contribution in [-0.2, 0) is 0 Å². The minimum atomic E-state index is 0.418. The predicted molar refractivity (Wildman–Crippen MR) is 95.0 cm³/mol. The molecule has 0 saturated heterocycles. The lowest BCUT2D eigenvalue weighted by atomic mass is 10.2. The summed E-state index contributed by atoms with van der Waals surface area (Å²) in [5, 5.41) is 12.0. The number of halogens is 2. The number of H-pyrrole nitrogens is 1. The molecule has 3 aromatic rings. The Bertz CT molecular complexity index is 900. The second-order valence-electron chi connectivity index (χ2n) is 4.47. The lowest BCUT2D eigenvalue weighted by molar-refractivity contribution is 0.871. The summed E-state index contributed by atoms with van der Waals surface area (Å²) in [6.07, 6.45) is 1.73. The van der Waals surface area contributed by atoms with E-state index < -0.39 is 0 Å². The molecule has 0 fully saturated rings. The largest absolute Gasteiger partial charge is 0.250 e. The SMILES string of the molecule is S=c1[nH]nc(-c2cccc(Cl)c2)n1/N=C/c1cccc(Br)c1. The number of nitrogens with zero attached hydrogens (tertiary/aromatic N) is 3. The van der Waals surface area contributed by atoms with Crippen LogP contribution in [0, 0.1) is 4.77 Å². The minimum absolute atomic E-state index is 0.418. The molecule has 7 heteroatoms. The minimum Gasteiger partial charge on any atom is -0.250 e. The fraction of sp³-hybridized carbons (Fsp3) is 0. The third kappa shape index (κ3) is 3.35. The van der Waals surface area contributed by atoms with E-state index in [2.05, 4.69) is 31.2 Å². The zero-order valence-corrected chi connectivity index (χ0v) is 14.4. The molecule has 0 aliphatic rings.